The third-order valence-electron chi connectivity index (χ3n) is 7.43. The molecule has 4 fully saturated rings. The average Bonchev–Trinajstić information content (AvgIpc) is 3.14. The van der Waals surface area contributed by atoms with Gasteiger partial charge in [0.15, 0.2) is 11.5 Å². The summed E-state index contributed by atoms with van der Waals surface area (Å²) in [5, 5.41) is 0.605. The first-order valence-electron chi connectivity index (χ1n) is 10.1. The summed E-state index contributed by atoms with van der Waals surface area (Å²) in [5.41, 5.74) is 6.25. The molecule has 0 radical (unpaired) electrons. The normalized spacial score (nSPS) is 33.2. The predicted octanol–water partition coefficient (Wildman–Crippen LogP) is 5.10. The van der Waals surface area contributed by atoms with E-state index in [2.05, 4.69) is 0 Å². The number of hydrogen-bond donors (Lipinski definition) is 1. The van der Waals surface area contributed by atoms with Crippen molar-refractivity contribution in [3.63, 3.8) is 0 Å². The lowest BCUT2D eigenvalue weighted by molar-refractivity contribution is -0.149. The van der Waals surface area contributed by atoms with Crippen LogP contribution in [0.5, 0.6) is 0 Å². The number of halogens is 1. The third-order valence-corrected chi connectivity index (χ3v) is 7.76. The molecule has 1 amide bonds. The van der Waals surface area contributed by atoms with E-state index >= 15 is 0 Å². The highest BCUT2D eigenvalue weighted by atomic mass is 35.5. The Morgan fingerprint density at radius 3 is 2.46 bits per heavy atom. The molecule has 5 heteroatoms. The number of rotatable bonds is 5. The molecule has 2 unspecified atom stereocenters. The first-order chi connectivity index (χ1) is 13.4. The summed E-state index contributed by atoms with van der Waals surface area (Å²) in [5.74, 6) is 2.73. The Bertz CT molecular complexity index is 933. The molecule has 1 aromatic carbocycles. The first kappa shape index (κ1) is 18.0. The van der Waals surface area contributed by atoms with E-state index in [0.717, 1.165) is 37.7 Å². The Hall–Kier alpha value is -2.07. The smallest absolute Gasteiger partial charge is 0.223 e. The fourth-order valence-electron chi connectivity index (χ4n) is 6.37. The molecule has 2 atom stereocenters. The van der Waals surface area contributed by atoms with Crippen LogP contribution in [0.3, 0.4) is 0 Å². The Balaban J connectivity index is 1.33. The van der Waals surface area contributed by atoms with Gasteiger partial charge in [0.2, 0.25) is 5.91 Å². The van der Waals surface area contributed by atoms with Crippen LogP contribution in [0, 0.1) is 29.1 Å². The lowest BCUT2D eigenvalue weighted by atomic mass is 9.45. The molecule has 146 valence electrons. The highest BCUT2D eigenvalue weighted by molar-refractivity contribution is 6.33. The summed E-state index contributed by atoms with van der Waals surface area (Å²) in [6, 6.07) is 11.0. The maximum Gasteiger partial charge on any atom is 0.223 e. The number of carbonyl (C=O) groups excluding carboxylic acids is 2. The average molecular weight is 398 g/mol. The van der Waals surface area contributed by atoms with Crippen molar-refractivity contribution < 1.29 is 14.0 Å². The molecule has 0 saturated heterocycles. The number of primary amides is 1. The third kappa shape index (κ3) is 2.81. The van der Waals surface area contributed by atoms with Crippen LogP contribution in [0.15, 0.2) is 40.8 Å². The SMILES string of the molecule is NC(=O)C12CC3CC(C1)C(CC(=O)c1ccc(-c4ccccc4Cl)o1)C(C3)C2. The van der Waals surface area contributed by atoms with E-state index in [1.165, 1.54) is 0 Å². The summed E-state index contributed by atoms with van der Waals surface area (Å²) in [6.45, 7) is 0. The summed E-state index contributed by atoms with van der Waals surface area (Å²) < 4.78 is 5.86. The summed E-state index contributed by atoms with van der Waals surface area (Å²) in [7, 11) is 0. The molecule has 2 N–H and O–H groups in total. The van der Waals surface area contributed by atoms with Crippen molar-refractivity contribution in [2.24, 2.45) is 34.8 Å². The van der Waals surface area contributed by atoms with Gasteiger partial charge in [-0.25, -0.2) is 0 Å². The quantitative estimate of drug-likeness (QED) is 0.713. The number of furan rings is 1. The summed E-state index contributed by atoms with van der Waals surface area (Å²) in [6.07, 6.45) is 5.42. The Morgan fingerprint density at radius 2 is 1.79 bits per heavy atom. The van der Waals surface area contributed by atoms with Gasteiger partial charge in [-0.2, -0.15) is 0 Å². The molecule has 4 saturated carbocycles. The van der Waals surface area contributed by atoms with Crippen molar-refractivity contribution in [2.75, 3.05) is 0 Å². The van der Waals surface area contributed by atoms with Gasteiger partial charge in [0.05, 0.1) is 5.02 Å². The van der Waals surface area contributed by atoms with Gasteiger partial charge >= 0.3 is 0 Å². The second-order valence-corrected chi connectivity index (χ2v) is 9.46. The van der Waals surface area contributed by atoms with Gasteiger partial charge in [-0.3, -0.25) is 9.59 Å². The molecule has 4 nitrogen and oxygen atoms in total. The molecule has 2 aromatic rings. The van der Waals surface area contributed by atoms with Crippen molar-refractivity contribution in [2.45, 2.75) is 38.5 Å². The van der Waals surface area contributed by atoms with Gasteiger partial charge < -0.3 is 10.2 Å². The molecule has 28 heavy (non-hydrogen) atoms. The largest absolute Gasteiger partial charge is 0.453 e. The molecule has 6 rings (SSSR count). The lowest BCUT2D eigenvalue weighted by Crippen LogP contribution is -2.56. The van der Waals surface area contributed by atoms with Crippen molar-refractivity contribution in [3.8, 4) is 11.3 Å². The molecule has 4 bridgehead atoms. The van der Waals surface area contributed by atoms with Gasteiger partial charge in [-0.05, 0) is 80.0 Å². The van der Waals surface area contributed by atoms with E-state index < -0.39 is 0 Å². The Kier molecular flexibility index (Phi) is 4.16. The fraction of sp³-hybridized carbons (Fsp3) is 0.478. The fourth-order valence-corrected chi connectivity index (χ4v) is 6.60. The van der Waals surface area contributed by atoms with E-state index in [4.69, 9.17) is 21.8 Å². The van der Waals surface area contributed by atoms with Crippen LogP contribution in [0.4, 0.5) is 0 Å². The number of carbonyl (C=O) groups is 2. The molecule has 4 aliphatic carbocycles. The number of nitrogens with two attached hydrogens (primary N) is 1. The van der Waals surface area contributed by atoms with Crippen molar-refractivity contribution in [1.82, 2.24) is 0 Å². The van der Waals surface area contributed by atoms with Crippen LogP contribution in [0.25, 0.3) is 11.3 Å². The van der Waals surface area contributed by atoms with E-state index in [1.54, 1.807) is 6.07 Å². The topological polar surface area (TPSA) is 73.3 Å². The highest BCUT2D eigenvalue weighted by Crippen LogP contribution is 2.62. The van der Waals surface area contributed by atoms with Crippen molar-refractivity contribution in [1.29, 1.82) is 0 Å². The standard InChI is InChI=1S/C23H24ClNO3/c24-18-4-2-1-3-16(18)20-5-6-21(28-20)19(26)9-17-14-7-13-8-15(17)12-23(10-13,11-14)22(25)27/h1-6,13-15,17H,7-12H2,(H2,25,27). The van der Waals surface area contributed by atoms with Crippen LogP contribution in [-0.4, -0.2) is 11.7 Å². The summed E-state index contributed by atoms with van der Waals surface area (Å²) >= 11 is 6.24. The minimum Gasteiger partial charge on any atom is -0.453 e. The second-order valence-electron chi connectivity index (χ2n) is 9.05. The molecule has 0 spiro atoms. The monoisotopic (exact) mass is 397 g/mol. The van der Waals surface area contributed by atoms with Crippen LogP contribution < -0.4 is 5.73 Å². The molecule has 1 heterocycles. The number of Topliss-reactive ketones (excluding diaryl/α,β-unsaturated/α-hetero) is 1. The van der Waals surface area contributed by atoms with Gasteiger partial charge in [0, 0.05) is 17.4 Å². The van der Waals surface area contributed by atoms with Gasteiger partial charge in [0.25, 0.3) is 0 Å². The zero-order valence-corrected chi connectivity index (χ0v) is 16.5. The molecule has 0 aliphatic heterocycles. The van der Waals surface area contributed by atoms with E-state index in [0.29, 0.717) is 46.6 Å². The number of amides is 1. The minimum absolute atomic E-state index is 0.0453. The van der Waals surface area contributed by atoms with Crippen LogP contribution in [0.1, 0.15) is 49.1 Å². The first-order valence-corrected chi connectivity index (χ1v) is 10.5. The van der Waals surface area contributed by atoms with Gasteiger partial charge in [0.1, 0.15) is 5.76 Å². The number of benzene rings is 1. The minimum atomic E-state index is -0.308. The molecular weight excluding hydrogens is 374 g/mol. The maximum absolute atomic E-state index is 13.0. The van der Waals surface area contributed by atoms with Crippen LogP contribution in [-0.2, 0) is 4.79 Å². The maximum atomic E-state index is 13.0. The predicted molar refractivity (Wildman–Crippen MR) is 107 cm³/mol. The summed E-state index contributed by atoms with van der Waals surface area (Å²) in [4.78, 5) is 25.1. The zero-order chi connectivity index (χ0) is 19.5. The molecule has 1 aromatic heterocycles. The van der Waals surface area contributed by atoms with Crippen LogP contribution >= 0.6 is 11.6 Å². The van der Waals surface area contributed by atoms with E-state index in [1.807, 2.05) is 30.3 Å². The molecular formula is C23H24ClNO3. The van der Waals surface area contributed by atoms with E-state index in [-0.39, 0.29) is 17.1 Å². The Labute approximate surface area is 169 Å². The second kappa shape index (κ2) is 6.48. The van der Waals surface area contributed by atoms with Crippen molar-refractivity contribution >= 4 is 23.3 Å². The number of ketones is 1. The lowest BCUT2D eigenvalue weighted by Gasteiger charge is -2.58. The Morgan fingerprint density at radius 1 is 1.07 bits per heavy atom. The number of hydrogen-bond acceptors (Lipinski definition) is 3. The van der Waals surface area contributed by atoms with Gasteiger partial charge in [-0.1, -0.05) is 23.7 Å². The zero-order valence-electron chi connectivity index (χ0n) is 15.7. The van der Waals surface area contributed by atoms with Gasteiger partial charge in [-0.15, -0.1) is 0 Å². The highest BCUT2D eigenvalue weighted by Gasteiger charge is 2.57. The molecule has 4 aliphatic rings. The van der Waals surface area contributed by atoms with Crippen LogP contribution in [0.2, 0.25) is 5.02 Å². The van der Waals surface area contributed by atoms with Crippen molar-refractivity contribution in [3.05, 3.63) is 47.2 Å². The van der Waals surface area contributed by atoms with E-state index in [9.17, 15) is 9.59 Å².